The number of sulfonamides is 1. The molecule has 0 saturated heterocycles. The van der Waals surface area contributed by atoms with Crippen LogP contribution in [0.5, 0.6) is 11.5 Å². The van der Waals surface area contributed by atoms with Gasteiger partial charge < -0.3 is 14.8 Å². The van der Waals surface area contributed by atoms with Gasteiger partial charge in [-0.05, 0) is 35.2 Å². The van der Waals surface area contributed by atoms with Gasteiger partial charge in [-0.3, -0.25) is 9.10 Å². The van der Waals surface area contributed by atoms with Crippen molar-refractivity contribution in [2.24, 2.45) is 0 Å². The van der Waals surface area contributed by atoms with Crippen LogP contribution in [0.25, 0.3) is 0 Å². The van der Waals surface area contributed by atoms with Crippen molar-refractivity contribution in [2.75, 3.05) is 29.5 Å². The Balaban J connectivity index is 1.91. The van der Waals surface area contributed by atoms with Crippen molar-refractivity contribution in [3.8, 4) is 11.5 Å². The molecule has 2 aromatic carbocycles. The van der Waals surface area contributed by atoms with Crippen molar-refractivity contribution >= 4 is 27.3 Å². The number of nitrogens with zero attached hydrogens (tertiary/aromatic N) is 1. The van der Waals surface area contributed by atoms with Crippen LogP contribution in [0, 0.1) is 0 Å². The molecule has 7 nitrogen and oxygen atoms in total. The lowest BCUT2D eigenvalue weighted by atomic mass is 9.86. The maximum absolute atomic E-state index is 12.8. The molecule has 1 heterocycles. The summed E-state index contributed by atoms with van der Waals surface area (Å²) in [5, 5.41) is 2.76. The number of fused-ring (bicyclic) bond motifs is 1. The van der Waals surface area contributed by atoms with E-state index in [2.05, 4.69) is 5.32 Å². The molecule has 1 aliphatic rings. The summed E-state index contributed by atoms with van der Waals surface area (Å²) in [7, 11) is -2.06. The van der Waals surface area contributed by atoms with Crippen LogP contribution in [0.4, 0.5) is 11.4 Å². The first-order valence-corrected chi connectivity index (χ1v) is 11.1. The van der Waals surface area contributed by atoms with Gasteiger partial charge in [0.25, 0.3) is 5.91 Å². The molecule has 0 fully saturated rings. The normalized spacial score (nSPS) is 16.6. The molecule has 0 aliphatic carbocycles. The third-order valence-corrected chi connectivity index (χ3v) is 5.87. The van der Waals surface area contributed by atoms with Crippen LogP contribution in [-0.2, 0) is 20.2 Å². The highest BCUT2D eigenvalue weighted by Gasteiger charge is 2.36. The van der Waals surface area contributed by atoms with Crippen molar-refractivity contribution in [1.82, 2.24) is 0 Å². The summed E-state index contributed by atoms with van der Waals surface area (Å²) in [5.41, 5.74) is 1.81. The minimum Gasteiger partial charge on any atom is -0.497 e. The smallest absolute Gasteiger partial charge is 0.267 e. The predicted molar refractivity (Wildman–Crippen MR) is 113 cm³/mol. The number of rotatable bonds is 4. The second-order valence-electron chi connectivity index (χ2n) is 8.05. The average Bonchev–Trinajstić information content (AvgIpc) is 2.65. The highest BCUT2D eigenvalue weighted by atomic mass is 32.2. The van der Waals surface area contributed by atoms with Crippen molar-refractivity contribution in [3.63, 3.8) is 0 Å². The first-order valence-electron chi connectivity index (χ1n) is 9.23. The van der Waals surface area contributed by atoms with Gasteiger partial charge in [0.1, 0.15) is 11.5 Å². The van der Waals surface area contributed by atoms with E-state index < -0.39 is 22.0 Å². The van der Waals surface area contributed by atoms with E-state index in [1.807, 2.05) is 32.9 Å². The lowest BCUT2D eigenvalue weighted by Crippen LogP contribution is -2.48. The quantitative estimate of drug-likeness (QED) is 0.824. The monoisotopic (exact) mass is 418 g/mol. The second-order valence-corrected chi connectivity index (χ2v) is 9.96. The Labute approximate surface area is 171 Å². The maximum Gasteiger partial charge on any atom is 0.267 e. The van der Waals surface area contributed by atoms with Crippen molar-refractivity contribution in [3.05, 3.63) is 48.0 Å². The largest absolute Gasteiger partial charge is 0.497 e. The van der Waals surface area contributed by atoms with E-state index in [0.717, 1.165) is 11.8 Å². The molecule has 0 bridgehead atoms. The summed E-state index contributed by atoms with van der Waals surface area (Å²) in [6.45, 7) is 6.05. The third-order valence-electron chi connectivity index (χ3n) is 4.72. The second kappa shape index (κ2) is 7.59. The molecule has 0 radical (unpaired) electrons. The van der Waals surface area contributed by atoms with Crippen molar-refractivity contribution in [2.45, 2.75) is 32.3 Å². The topological polar surface area (TPSA) is 84.9 Å². The van der Waals surface area contributed by atoms with Crippen LogP contribution < -0.4 is 19.1 Å². The first kappa shape index (κ1) is 21.0. The van der Waals surface area contributed by atoms with Gasteiger partial charge in [-0.25, -0.2) is 8.42 Å². The van der Waals surface area contributed by atoms with E-state index in [1.54, 1.807) is 30.3 Å². The summed E-state index contributed by atoms with van der Waals surface area (Å²) < 4.78 is 37.1. The third kappa shape index (κ3) is 4.64. The highest BCUT2D eigenvalue weighted by Crippen LogP contribution is 2.38. The molecule has 1 N–H and O–H groups in total. The molecule has 8 heteroatoms. The molecule has 156 valence electrons. The average molecular weight is 419 g/mol. The van der Waals surface area contributed by atoms with Gasteiger partial charge in [0, 0.05) is 11.8 Å². The number of nitrogens with one attached hydrogen (secondary N) is 1. The standard InChI is InChI=1S/C21H26N2O5S/c1-21(2,3)14-9-10-18-17(11-14)23(29(5,25)26)13-19(28-18)20(24)22-15-7-6-8-16(12-15)27-4/h6-12,19H,13H2,1-5H3,(H,22,24). The summed E-state index contributed by atoms with van der Waals surface area (Å²) >= 11 is 0. The van der Waals surface area contributed by atoms with Gasteiger partial charge in [-0.1, -0.05) is 32.9 Å². The van der Waals surface area contributed by atoms with Gasteiger partial charge in [-0.15, -0.1) is 0 Å². The lowest BCUT2D eigenvalue weighted by molar-refractivity contribution is -0.122. The number of methoxy groups -OCH3 is 1. The van der Waals surface area contributed by atoms with Crippen LogP contribution in [0.15, 0.2) is 42.5 Å². The maximum atomic E-state index is 12.8. The molecule has 1 amide bonds. The Kier molecular flexibility index (Phi) is 5.49. The van der Waals surface area contributed by atoms with Gasteiger partial charge in [0.05, 0.1) is 25.6 Å². The van der Waals surface area contributed by atoms with Crippen molar-refractivity contribution < 1.29 is 22.7 Å². The number of hydrogen-bond acceptors (Lipinski definition) is 5. The van der Waals surface area contributed by atoms with E-state index in [1.165, 1.54) is 11.4 Å². The lowest BCUT2D eigenvalue weighted by Gasteiger charge is -2.35. The molecule has 1 aliphatic heterocycles. The highest BCUT2D eigenvalue weighted by molar-refractivity contribution is 7.92. The van der Waals surface area contributed by atoms with Crippen LogP contribution in [0.3, 0.4) is 0 Å². The van der Waals surface area contributed by atoms with Crippen LogP contribution in [0.1, 0.15) is 26.3 Å². The molecule has 1 atom stereocenters. The molecular formula is C21H26N2O5S. The zero-order valence-corrected chi connectivity index (χ0v) is 18.0. The molecule has 29 heavy (non-hydrogen) atoms. The van der Waals surface area contributed by atoms with E-state index >= 15 is 0 Å². The fraction of sp³-hybridized carbons (Fsp3) is 0.381. The van der Waals surface area contributed by atoms with E-state index in [0.29, 0.717) is 22.9 Å². The van der Waals surface area contributed by atoms with E-state index in [-0.39, 0.29) is 12.0 Å². The Morgan fingerprint density at radius 1 is 1.21 bits per heavy atom. The SMILES string of the molecule is COc1cccc(NC(=O)C2CN(S(C)(=O)=O)c3cc(C(C)(C)C)ccc3O2)c1. The Hall–Kier alpha value is -2.74. The Bertz CT molecular complexity index is 1030. The fourth-order valence-corrected chi connectivity index (χ4v) is 4.00. The van der Waals surface area contributed by atoms with Crippen molar-refractivity contribution in [1.29, 1.82) is 0 Å². The summed E-state index contributed by atoms with van der Waals surface area (Å²) in [5.74, 6) is 0.531. The Morgan fingerprint density at radius 3 is 2.55 bits per heavy atom. The molecule has 1 unspecified atom stereocenters. The van der Waals surface area contributed by atoms with E-state index in [4.69, 9.17) is 9.47 Å². The van der Waals surface area contributed by atoms with Crippen LogP contribution >= 0.6 is 0 Å². The number of carbonyl (C=O) groups excluding carboxylic acids is 1. The minimum absolute atomic E-state index is 0.102. The zero-order chi connectivity index (χ0) is 21.4. The first-order chi connectivity index (χ1) is 13.5. The zero-order valence-electron chi connectivity index (χ0n) is 17.2. The van der Waals surface area contributed by atoms with Gasteiger partial charge in [0.2, 0.25) is 10.0 Å². The molecule has 0 aromatic heterocycles. The molecule has 2 aromatic rings. The Morgan fingerprint density at radius 2 is 1.93 bits per heavy atom. The van der Waals surface area contributed by atoms with Gasteiger partial charge in [-0.2, -0.15) is 0 Å². The number of ether oxygens (including phenoxy) is 2. The molecule has 0 saturated carbocycles. The molecule has 0 spiro atoms. The van der Waals surface area contributed by atoms with E-state index in [9.17, 15) is 13.2 Å². The molecular weight excluding hydrogens is 392 g/mol. The van der Waals surface area contributed by atoms with Crippen LogP contribution in [0.2, 0.25) is 0 Å². The number of benzene rings is 2. The summed E-state index contributed by atoms with van der Waals surface area (Å²) in [6.07, 6.45) is 0.145. The summed E-state index contributed by atoms with van der Waals surface area (Å²) in [4.78, 5) is 12.8. The number of hydrogen-bond donors (Lipinski definition) is 1. The van der Waals surface area contributed by atoms with Gasteiger partial charge >= 0.3 is 0 Å². The number of amides is 1. The molecule has 3 rings (SSSR count). The predicted octanol–water partition coefficient (Wildman–Crippen LogP) is 3.16. The van der Waals surface area contributed by atoms with Crippen LogP contribution in [-0.4, -0.2) is 40.3 Å². The number of anilines is 2. The van der Waals surface area contributed by atoms with Gasteiger partial charge in [0.15, 0.2) is 6.10 Å². The number of carbonyl (C=O) groups is 1. The minimum atomic E-state index is -3.60. The summed E-state index contributed by atoms with van der Waals surface area (Å²) in [6, 6.07) is 12.3. The fourth-order valence-electron chi connectivity index (χ4n) is 3.09.